The van der Waals surface area contributed by atoms with Gasteiger partial charge in [0.15, 0.2) is 0 Å². The molecule has 124 valence electrons. The van der Waals surface area contributed by atoms with Gasteiger partial charge in [-0.05, 0) is 55.8 Å². The first-order valence-electron chi connectivity index (χ1n) is 8.76. The van der Waals surface area contributed by atoms with Crippen molar-refractivity contribution in [2.75, 3.05) is 26.2 Å². The predicted molar refractivity (Wildman–Crippen MR) is 91.7 cm³/mol. The van der Waals surface area contributed by atoms with Gasteiger partial charge in [-0.2, -0.15) is 0 Å². The molecule has 3 rings (SSSR count). The van der Waals surface area contributed by atoms with Crippen LogP contribution in [0.4, 0.5) is 0 Å². The van der Waals surface area contributed by atoms with Gasteiger partial charge in [0.25, 0.3) is 0 Å². The molecule has 0 aliphatic carbocycles. The highest BCUT2D eigenvalue weighted by atomic mass is 16.2. The highest BCUT2D eigenvalue weighted by Gasteiger charge is 2.33. The van der Waals surface area contributed by atoms with Crippen LogP contribution >= 0.6 is 0 Å². The van der Waals surface area contributed by atoms with E-state index < -0.39 is 0 Å². The molecule has 3 heterocycles. The van der Waals surface area contributed by atoms with Crippen LogP contribution in [0.15, 0.2) is 37.2 Å². The molecule has 0 bridgehead atoms. The van der Waals surface area contributed by atoms with Gasteiger partial charge in [0.1, 0.15) is 0 Å². The van der Waals surface area contributed by atoms with Crippen LogP contribution in [0.1, 0.15) is 31.2 Å². The molecule has 0 unspecified atom stereocenters. The largest absolute Gasteiger partial charge is 0.342 e. The van der Waals surface area contributed by atoms with Crippen molar-refractivity contribution < 1.29 is 4.79 Å². The summed E-state index contributed by atoms with van der Waals surface area (Å²) >= 11 is 0. The van der Waals surface area contributed by atoms with Crippen LogP contribution in [0.5, 0.6) is 0 Å². The van der Waals surface area contributed by atoms with Crippen molar-refractivity contribution in [2.24, 2.45) is 11.8 Å². The maximum absolute atomic E-state index is 12.0. The van der Waals surface area contributed by atoms with Crippen molar-refractivity contribution >= 4 is 5.91 Å². The zero-order valence-corrected chi connectivity index (χ0v) is 13.9. The van der Waals surface area contributed by atoms with Crippen molar-refractivity contribution in [3.05, 3.63) is 42.7 Å². The van der Waals surface area contributed by atoms with Crippen LogP contribution in [0.3, 0.4) is 0 Å². The smallest absolute Gasteiger partial charge is 0.226 e. The van der Waals surface area contributed by atoms with Crippen LogP contribution < -0.4 is 0 Å². The molecular formula is C19H27N3O. The van der Waals surface area contributed by atoms with E-state index in [0.717, 1.165) is 38.6 Å². The van der Waals surface area contributed by atoms with Gasteiger partial charge in [-0.25, -0.2) is 0 Å². The molecule has 2 fully saturated rings. The summed E-state index contributed by atoms with van der Waals surface area (Å²) in [6.45, 7) is 8.90. The molecule has 23 heavy (non-hydrogen) atoms. The monoisotopic (exact) mass is 313 g/mol. The number of nitrogens with zero attached hydrogens (tertiary/aromatic N) is 3. The van der Waals surface area contributed by atoms with Crippen LogP contribution in [-0.4, -0.2) is 46.9 Å². The summed E-state index contributed by atoms with van der Waals surface area (Å²) in [5.74, 6) is 1.72. The van der Waals surface area contributed by atoms with Gasteiger partial charge in [-0.3, -0.25) is 14.7 Å². The fourth-order valence-electron chi connectivity index (χ4n) is 3.98. The number of carbonyl (C=O) groups is 1. The van der Waals surface area contributed by atoms with Crippen molar-refractivity contribution in [3.63, 3.8) is 0 Å². The lowest BCUT2D eigenvalue weighted by Crippen LogP contribution is -2.37. The highest BCUT2D eigenvalue weighted by Crippen LogP contribution is 2.32. The molecular weight excluding hydrogens is 286 g/mol. The quantitative estimate of drug-likeness (QED) is 0.784. The molecule has 2 saturated heterocycles. The molecule has 2 aliphatic rings. The maximum atomic E-state index is 12.0. The Morgan fingerprint density at radius 2 is 2.04 bits per heavy atom. The third-order valence-electron chi connectivity index (χ3n) is 5.32. The van der Waals surface area contributed by atoms with Gasteiger partial charge in [0.2, 0.25) is 5.91 Å². The fraction of sp³-hybridized carbons (Fsp3) is 0.579. The van der Waals surface area contributed by atoms with Gasteiger partial charge in [0, 0.05) is 38.4 Å². The molecule has 4 heteroatoms. The first-order valence-corrected chi connectivity index (χ1v) is 8.76. The van der Waals surface area contributed by atoms with Crippen molar-refractivity contribution in [1.82, 2.24) is 14.8 Å². The molecule has 0 spiro atoms. The maximum Gasteiger partial charge on any atom is 0.226 e. The fourth-order valence-corrected chi connectivity index (χ4v) is 3.98. The Bertz CT molecular complexity index is 523. The number of aromatic nitrogens is 1. The molecule has 0 N–H and O–H groups in total. The van der Waals surface area contributed by atoms with E-state index in [0.29, 0.717) is 12.3 Å². The Labute approximate surface area is 139 Å². The van der Waals surface area contributed by atoms with E-state index in [1.165, 1.54) is 24.8 Å². The molecule has 2 aliphatic heterocycles. The number of likely N-dealkylation sites (tertiary alicyclic amines) is 2. The Balaban J connectivity index is 1.44. The van der Waals surface area contributed by atoms with E-state index in [4.69, 9.17) is 0 Å². The first-order chi connectivity index (χ1) is 11.3. The van der Waals surface area contributed by atoms with Crippen molar-refractivity contribution in [1.29, 1.82) is 0 Å². The van der Waals surface area contributed by atoms with Gasteiger partial charge >= 0.3 is 0 Å². The number of piperidine rings is 1. The molecule has 0 aromatic carbocycles. The molecule has 4 nitrogen and oxygen atoms in total. The molecule has 0 radical (unpaired) electrons. The average Bonchev–Trinajstić information content (AvgIpc) is 3.07. The zero-order valence-electron chi connectivity index (χ0n) is 13.9. The van der Waals surface area contributed by atoms with E-state index in [9.17, 15) is 4.79 Å². The summed E-state index contributed by atoms with van der Waals surface area (Å²) < 4.78 is 0. The Kier molecular flexibility index (Phi) is 5.44. The second kappa shape index (κ2) is 7.73. The lowest BCUT2D eigenvalue weighted by molar-refractivity contribution is -0.129. The average molecular weight is 313 g/mol. The first kappa shape index (κ1) is 16.2. The van der Waals surface area contributed by atoms with Crippen molar-refractivity contribution in [2.45, 2.75) is 32.2 Å². The topological polar surface area (TPSA) is 36.4 Å². The number of pyridine rings is 1. The zero-order chi connectivity index (χ0) is 16.1. The third kappa shape index (κ3) is 4.20. The minimum Gasteiger partial charge on any atom is -0.342 e. The summed E-state index contributed by atoms with van der Waals surface area (Å²) in [6, 6.07) is 4.16. The van der Waals surface area contributed by atoms with Gasteiger partial charge < -0.3 is 4.90 Å². The predicted octanol–water partition coefficient (Wildman–Crippen LogP) is 2.72. The Morgan fingerprint density at radius 3 is 2.74 bits per heavy atom. The summed E-state index contributed by atoms with van der Waals surface area (Å²) in [4.78, 5) is 20.7. The third-order valence-corrected chi connectivity index (χ3v) is 5.32. The molecule has 1 aromatic heterocycles. The SMILES string of the molecule is C=CCC(=O)N1CC[C@H](C2CCN(Cc3cccnc3)CC2)C1. The summed E-state index contributed by atoms with van der Waals surface area (Å²) in [7, 11) is 0. The lowest BCUT2D eigenvalue weighted by atomic mass is 9.83. The number of carbonyl (C=O) groups excluding carboxylic acids is 1. The molecule has 1 aromatic rings. The van der Waals surface area contributed by atoms with Crippen molar-refractivity contribution in [3.8, 4) is 0 Å². The standard InChI is InChI=1S/C19H27N3O/c1-2-4-19(23)22-12-8-18(15-22)17-6-10-21(11-7-17)14-16-5-3-9-20-13-16/h2-3,5,9,13,17-18H,1,4,6-8,10-12,14-15H2/t18-/m0/s1. The van der Waals surface area contributed by atoms with Crippen LogP contribution in [0.2, 0.25) is 0 Å². The molecule has 1 atom stereocenters. The summed E-state index contributed by atoms with van der Waals surface area (Å²) in [6.07, 6.45) is 9.68. The van der Waals surface area contributed by atoms with E-state index >= 15 is 0 Å². The number of rotatable bonds is 5. The van der Waals surface area contributed by atoms with Gasteiger partial charge in [-0.15, -0.1) is 6.58 Å². The number of hydrogen-bond acceptors (Lipinski definition) is 3. The van der Waals surface area contributed by atoms with Gasteiger partial charge in [0.05, 0.1) is 0 Å². The van der Waals surface area contributed by atoms with Crippen LogP contribution in [-0.2, 0) is 11.3 Å². The Hall–Kier alpha value is -1.68. The molecule has 1 amide bonds. The van der Waals surface area contributed by atoms with Crippen LogP contribution in [0.25, 0.3) is 0 Å². The Morgan fingerprint density at radius 1 is 1.26 bits per heavy atom. The minimum absolute atomic E-state index is 0.247. The summed E-state index contributed by atoms with van der Waals surface area (Å²) in [5.41, 5.74) is 1.30. The lowest BCUT2D eigenvalue weighted by Gasteiger charge is -2.34. The second-order valence-electron chi connectivity index (χ2n) is 6.86. The van der Waals surface area contributed by atoms with E-state index in [-0.39, 0.29) is 5.91 Å². The van der Waals surface area contributed by atoms with Gasteiger partial charge in [-0.1, -0.05) is 12.1 Å². The van der Waals surface area contributed by atoms with E-state index in [1.54, 1.807) is 6.08 Å². The van der Waals surface area contributed by atoms with E-state index in [1.807, 2.05) is 23.4 Å². The minimum atomic E-state index is 0.247. The number of hydrogen-bond donors (Lipinski definition) is 0. The number of amides is 1. The molecule has 0 saturated carbocycles. The summed E-state index contributed by atoms with van der Waals surface area (Å²) in [5, 5.41) is 0. The highest BCUT2D eigenvalue weighted by molar-refractivity contribution is 5.77. The van der Waals surface area contributed by atoms with E-state index in [2.05, 4.69) is 22.5 Å². The van der Waals surface area contributed by atoms with Crippen LogP contribution in [0, 0.1) is 11.8 Å². The second-order valence-corrected chi connectivity index (χ2v) is 6.86. The normalized spacial score (nSPS) is 23.1.